The summed E-state index contributed by atoms with van der Waals surface area (Å²) in [5.74, 6) is 0.880. The first-order valence-corrected chi connectivity index (χ1v) is 8.68. The monoisotopic (exact) mass is 339 g/mol. The van der Waals surface area contributed by atoms with Crippen LogP contribution in [0, 0.1) is 12.3 Å². The zero-order valence-electron chi connectivity index (χ0n) is 15.2. The van der Waals surface area contributed by atoms with Gasteiger partial charge in [0.25, 0.3) is 0 Å². The summed E-state index contributed by atoms with van der Waals surface area (Å²) in [7, 11) is 0. The van der Waals surface area contributed by atoms with Gasteiger partial charge in [-0.1, -0.05) is 43.7 Å². The molecule has 0 heterocycles. The van der Waals surface area contributed by atoms with Crippen molar-refractivity contribution in [3.8, 4) is 16.9 Å². The van der Waals surface area contributed by atoms with Crippen molar-refractivity contribution in [3.63, 3.8) is 0 Å². The minimum Gasteiger partial charge on any atom is -0.493 e. The molecule has 0 bridgehead atoms. The molecule has 132 valence electrons. The third-order valence-electron chi connectivity index (χ3n) is 4.90. The Kier molecular flexibility index (Phi) is 4.46. The van der Waals surface area contributed by atoms with Crippen LogP contribution in [0.4, 0.5) is 4.79 Å². The molecule has 0 saturated carbocycles. The van der Waals surface area contributed by atoms with Crippen LogP contribution in [0.1, 0.15) is 43.5 Å². The molecule has 0 saturated heterocycles. The van der Waals surface area contributed by atoms with Crippen molar-refractivity contribution in [2.24, 2.45) is 5.41 Å². The van der Waals surface area contributed by atoms with E-state index in [0.29, 0.717) is 6.61 Å². The highest BCUT2D eigenvalue weighted by molar-refractivity contribution is 5.73. The molecule has 0 aliphatic heterocycles. The quantitative estimate of drug-likeness (QED) is 0.828. The van der Waals surface area contributed by atoms with Crippen LogP contribution < -0.4 is 10.1 Å². The van der Waals surface area contributed by atoms with Gasteiger partial charge in [0.1, 0.15) is 5.75 Å². The van der Waals surface area contributed by atoms with Gasteiger partial charge in [-0.2, -0.15) is 0 Å². The van der Waals surface area contributed by atoms with E-state index in [4.69, 9.17) is 9.84 Å². The third-order valence-corrected chi connectivity index (χ3v) is 4.90. The van der Waals surface area contributed by atoms with Crippen LogP contribution in [0.25, 0.3) is 11.1 Å². The number of hydrogen-bond donors (Lipinski definition) is 2. The van der Waals surface area contributed by atoms with Gasteiger partial charge in [-0.3, -0.25) is 0 Å². The number of amides is 1. The molecule has 2 aromatic rings. The third kappa shape index (κ3) is 3.34. The Balaban J connectivity index is 2.04. The summed E-state index contributed by atoms with van der Waals surface area (Å²) in [5, 5.41) is 11.8. The molecule has 4 nitrogen and oxygen atoms in total. The van der Waals surface area contributed by atoms with Crippen LogP contribution in [0.3, 0.4) is 0 Å². The summed E-state index contributed by atoms with van der Waals surface area (Å²) in [4.78, 5) is 11.2. The molecule has 1 amide bonds. The van der Waals surface area contributed by atoms with Crippen LogP contribution in [0.2, 0.25) is 0 Å². The molecule has 4 heteroatoms. The average Bonchev–Trinajstić information content (AvgIpc) is 2.78. The summed E-state index contributed by atoms with van der Waals surface area (Å²) < 4.78 is 5.79. The van der Waals surface area contributed by atoms with Gasteiger partial charge < -0.3 is 15.2 Å². The smallest absolute Gasteiger partial charge is 0.405 e. The number of carbonyl (C=O) groups is 1. The van der Waals surface area contributed by atoms with Gasteiger partial charge in [-0.05, 0) is 54.5 Å². The number of benzene rings is 2. The number of rotatable bonds is 4. The molecule has 25 heavy (non-hydrogen) atoms. The van der Waals surface area contributed by atoms with Gasteiger partial charge in [-0.15, -0.1) is 0 Å². The van der Waals surface area contributed by atoms with Crippen molar-refractivity contribution in [3.05, 3.63) is 53.1 Å². The molecular formula is C21H25NO3. The number of nitrogens with one attached hydrogen (secondary N) is 1. The van der Waals surface area contributed by atoms with E-state index in [1.807, 2.05) is 13.0 Å². The number of fused-ring (bicyclic) bond motifs is 1. The Bertz CT molecular complexity index is 811. The predicted octanol–water partition coefficient (Wildman–Crippen LogP) is 4.95. The van der Waals surface area contributed by atoms with Crippen molar-refractivity contribution < 1.29 is 14.6 Å². The van der Waals surface area contributed by atoms with E-state index in [2.05, 4.69) is 56.4 Å². The lowest BCUT2D eigenvalue weighted by Crippen LogP contribution is -2.34. The SMILES string of the molecule is CCOc1ccc(C)cc1-c1ccc2c(c1)CC(C)(C)C2NC(=O)O. The summed E-state index contributed by atoms with van der Waals surface area (Å²) in [5.41, 5.74) is 5.50. The second-order valence-corrected chi connectivity index (χ2v) is 7.39. The second kappa shape index (κ2) is 6.43. The highest BCUT2D eigenvalue weighted by atomic mass is 16.5. The van der Waals surface area contributed by atoms with Gasteiger partial charge in [0, 0.05) is 5.56 Å². The molecule has 0 radical (unpaired) electrons. The normalized spacial score (nSPS) is 17.8. The highest BCUT2D eigenvalue weighted by Gasteiger charge is 2.40. The molecule has 1 unspecified atom stereocenters. The van der Waals surface area contributed by atoms with Crippen LogP contribution in [0.5, 0.6) is 5.75 Å². The van der Waals surface area contributed by atoms with Crippen molar-refractivity contribution in [2.45, 2.75) is 40.2 Å². The van der Waals surface area contributed by atoms with Gasteiger partial charge >= 0.3 is 6.09 Å². The fraction of sp³-hybridized carbons (Fsp3) is 0.381. The minimum atomic E-state index is -0.979. The first kappa shape index (κ1) is 17.3. The van der Waals surface area contributed by atoms with E-state index in [-0.39, 0.29) is 11.5 Å². The maximum Gasteiger partial charge on any atom is 0.405 e. The standard InChI is InChI=1S/C21H25NO3/c1-5-25-18-9-6-13(2)10-17(18)14-7-8-16-15(11-14)12-21(3,4)19(16)22-20(23)24/h6-11,19,22H,5,12H2,1-4H3,(H,23,24). The topological polar surface area (TPSA) is 58.6 Å². The zero-order chi connectivity index (χ0) is 18.2. The minimum absolute atomic E-state index is 0.144. The number of hydrogen-bond acceptors (Lipinski definition) is 2. The van der Waals surface area contributed by atoms with Crippen LogP contribution in [-0.2, 0) is 6.42 Å². The lowest BCUT2D eigenvalue weighted by Gasteiger charge is -2.27. The Labute approximate surface area is 148 Å². The summed E-state index contributed by atoms with van der Waals surface area (Å²) in [6.07, 6.45) is -0.135. The van der Waals surface area contributed by atoms with Gasteiger partial charge in [0.15, 0.2) is 0 Å². The molecule has 0 fully saturated rings. The van der Waals surface area contributed by atoms with E-state index < -0.39 is 6.09 Å². The molecular weight excluding hydrogens is 314 g/mol. The first-order valence-electron chi connectivity index (χ1n) is 8.68. The summed E-state index contributed by atoms with van der Waals surface area (Å²) in [6.45, 7) is 8.88. The molecule has 3 rings (SSSR count). The summed E-state index contributed by atoms with van der Waals surface area (Å²) >= 11 is 0. The molecule has 1 aliphatic carbocycles. The highest BCUT2D eigenvalue weighted by Crippen LogP contribution is 2.46. The maximum absolute atomic E-state index is 11.2. The van der Waals surface area contributed by atoms with E-state index in [1.54, 1.807) is 0 Å². The van der Waals surface area contributed by atoms with E-state index in [0.717, 1.165) is 28.9 Å². The molecule has 2 aromatic carbocycles. The number of carboxylic acid groups (broad SMARTS) is 1. The van der Waals surface area contributed by atoms with E-state index >= 15 is 0 Å². The lowest BCUT2D eigenvalue weighted by molar-refractivity contribution is 0.175. The Morgan fingerprint density at radius 1 is 1.28 bits per heavy atom. The predicted molar refractivity (Wildman–Crippen MR) is 99.2 cm³/mol. The van der Waals surface area contributed by atoms with Gasteiger partial charge in [-0.25, -0.2) is 4.79 Å². The first-order chi connectivity index (χ1) is 11.8. The van der Waals surface area contributed by atoms with Gasteiger partial charge in [0.05, 0.1) is 12.6 Å². The molecule has 1 atom stereocenters. The largest absolute Gasteiger partial charge is 0.493 e. The Morgan fingerprint density at radius 2 is 2.04 bits per heavy atom. The Morgan fingerprint density at radius 3 is 2.72 bits per heavy atom. The van der Waals surface area contributed by atoms with Crippen molar-refractivity contribution in [1.29, 1.82) is 0 Å². The van der Waals surface area contributed by atoms with Crippen LogP contribution in [0.15, 0.2) is 36.4 Å². The number of aryl methyl sites for hydroxylation is 1. The van der Waals surface area contributed by atoms with Crippen LogP contribution in [-0.4, -0.2) is 17.8 Å². The summed E-state index contributed by atoms with van der Waals surface area (Å²) in [6, 6.07) is 12.3. The van der Waals surface area contributed by atoms with E-state index in [1.165, 1.54) is 11.1 Å². The van der Waals surface area contributed by atoms with E-state index in [9.17, 15) is 4.79 Å². The lowest BCUT2D eigenvalue weighted by atomic mass is 9.85. The molecule has 1 aliphatic rings. The Hall–Kier alpha value is -2.49. The molecule has 0 aromatic heterocycles. The molecule has 0 spiro atoms. The second-order valence-electron chi connectivity index (χ2n) is 7.39. The number of ether oxygens (including phenoxy) is 1. The average molecular weight is 339 g/mol. The van der Waals surface area contributed by atoms with Gasteiger partial charge in [0.2, 0.25) is 0 Å². The van der Waals surface area contributed by atoms with Crippen molar-refractivity contribution >= 4 is 6.09 Å². The fourth-order valence-corrected chi connectivity index (χ4v) is 3.77. The van der Waals surface area contributed by atoms with Crippen molar-refractivity contribution in [2.75, 3.05) is 6.61 Å². The maximum atomic E-state index is 11.2. The van der Waals surface area contributed by atoms with Crippen molar-refractivity contribution in [1.82, 2.24) is 5.32 Å². The zero-order valence-corrected chi connectivity index (χ0v) is 15.2. The molecule has 2 N–H and O–H groups in total. The fourth-order valence-electron chi connectivity index (χ4n) is 3.77. The van der Waals surface area contributed by atoms with Crippen LogP contribution >= 0.6 is 0 Å².